The normalized spacial score (nSPS) is 22.8. The van der Waals surface area contributed by atoms with Crippen LogP contribution >= 0.6 is 0 Å². The van der Waals surface area contributed by atoms with Gasteiger partial charge in [0.1, 0.15) is 18.0 Å². The topological polar surface area (TPSA) is 122 Å². The fourth-order valence-electron chi connectivity index (χ4n) is 2.86. The second kappa shape index (κ2) is 9.00. The number of nitrogens with one attached hydrogen (secondary N) is 2. The van der Waals surface area contributed by atoms with Gasteiger partial charge in [0.25, 0.3) is 5.91 Å². The zero-order chi connectivity index (χ0) is 20.2. The van der Waals surface area contributed by atoms with Crippen LogP contribution < -0.4 is 10.6 Å². The maximum atomic E-state index is 12.6. The van der Waals surface area contributed by atoms with Crippen LogP contribution in [0.1, 0.15) is 48.0 Å². The molecule has 3 N–H and O–H groups in total. The van der Waals surface area contributed by atoms with Crippen LogP contribution in [0.15, 0.2) is 0 Å². The summed E-state index contributed by atoms with van der Waals surface area (Å²) in [6, 6.07) is -1.95. The van der Waals surface area contributed by atoms with Crippen molar-refractivity contribution in [2.75, 3.05) is 0 Å². The van der Waals surface area contributed by atoms with Crippen molar-refractivity contribution in [2.24, 2.45) is 23.7 Å². The minimum absolute atomic E-state index is 0.0554. The molecule has 0 spiro atoms. The Balaban J connectivity index is 2.82. The molecule has 26 heavy (non-hydrogen) atoms. The van der Waals surface area contributed by atoms with E-state index in [-0.39, 0.29) is 17.8 Å². The average molecular weight is 370 g/mol. The van der Waals surface area contributed by atoms with E-state index < -0.39 is 47.9 Å². The number of carboxylic acid groups (broad SMARTS) is 1. The Bertz CT molecular complexity index is 560. The van der Waals surface area contributed by atoms with E-state index in [4.69, 9.17) is 4.74 Å². The lowest BCUT2D eigenvalue weighted by Crippen LogP contribution is -2.61. The molecule has 2 amide bonds. The summed E-state index contributed by atoms with van der Waals surface area (Å²) in [4.78, 5) is 47.9. The summed E-state index contributed by atoms with van der Waals surface area (Å²) < 4.78 is 4.93. The van der Waals surface area contributed by atoms with E-state index in [1.165, 1.54) is 0 Å². The van der Waals surface area contributed by atoms with E-state index in [1.54, 1.807) is 20.8 Å². The highest BCUT2D eigenvalue weighted by Gasteiger charge is 2.49. The van der Waals surface area contributed by atoms with Gasteiger partial charge in [-0.3, -0.25) is 14.4 Å². The van der Waals surface area contributed by atoms with Crippen molar-refractivity contribution in [3.8, 4) is 0 Å². The molecule has 0 radical (unpaired) electrons. The summed E-state index contributed by atoms with van der Waals surface area (Å²) in [5.74, 6) is -3.74. The number of cyclic esters (lactones) is 1. The average Bonchev–Trinajstić information content (AvgIpc) is 2.52. The Kier molecular flexibility index (Phi) is 7.59. The molecule has 1 fully saturated rings. The third-order valence-electron chi connectivity index (χ3n) is 4.84. The fraction of sp³-hybridized carbons (Fsp3) is 0.778. The Morgan fingerprint density at radius 3 is 2.04 bits per heavy atom. The van der Waals surface area contributed by atoms with Crippen molar-refractivity contribution in [1.82, 2.24) is 10.6 Å². The standard InChI is InChI=1S/C18H30N2O6/c1-7-10(6)13(17(23)24)20-15(21)12(9(4)5)19-16(22)14-11(8(2)3)18(25)26-14/h8-14H,7H2,1-6H3,(H,19,22)(H,20,21)(H,23,24)/t10-,11-,12?,13-,14+/m0/s1. The van der Waals surface area contributed by atoms with E-state index in [1.807, 2.05) is 20.8 Å². The number of rotatable bonds is 9. The minimum Gasteiger partial charge on any atom is -0.480 e. The van der Waals surface area contributed by atoms with Gasteiger partial charge >= 0.3 is 11.9 Å². The number of hydrogen-bond donors (Lipinski definition) is 3. The maximum Gasteiger partial charge on any atom is 0.326 e. The van der Waals surface area contributed by atoms with Gasteiger partial charge in [-0.2, -0.15) is 0 Å². The van der Waals surface area contributed by atoms with Gasteiger partial charge in [-0.1, -0.05) is 48.0 Å². The zero-order valence-electron chi connectivity index (χ0n) is 16.2. The first-order chi connectivity index (χ1) is 12.0. The van der Waals surface area contributed by atoms with E-state index in [9.17, 15) is 24.3 Å². The van der Waals surface area contributed by atoms with Crippen LogP contribution in [0.2, 0.25) is 0 Å². The molecule has 5 atom stereocenters. The Labute approximate surface area is 154 Å². The van der Waals surface area contributed by atoms with Crippen LogP contribution in [0.4, 0.5) is 0 Å². The summed E-state index contributed by atoms with van der Waals surface area (Å²) >= 11 is 0. The maximum absolute atomic E-state index is 12.6. The van der Waals surface area contributed by atoms with Crippen LogP contribution in [0.3, 0.4) is 0 Å². The molecule has 0 aromatic carbocycles. The zero-order valence-corrected chi connectivity index (χ0v) is 16.2. The van der Waals surface area contributed by atoms with Crippen molar-refractivity contribution in [2.45, 2.75) is 66.2 Å². The third kappa shape index (κ3) is 4.95. The second-order valence-corrected chi connectivity index (χ2v) is 7.57. The summed E-state index contributed by atoms with van der Waals surface area (Å²) in [6.45, 7) is 10.7. The molecule has 0 aliphatic carbocycles. The largest absolute Gasteiger partial charge is 0.480 e. The first-order valence-corrected chi connectivity index (χ1v) is 9.05. The van der Waals surface area contributed by atoms with Crippen molar-refractivity contribution < 1.29 is 29.0 Å². The molecule has 148 valence electrons. The predicted octanol–water partition coefficient (Wildman–Crippen LogP) is 0.940. The number of amides is 2. The number of ether oxygens (including phenoxy) is 1. The quantitative estimate of drug-likeness (QED) is 0.519. The molecule has 8 nitrogen and oxygen atoms in total. The van der Waals surface area contributed by atoms with E-state index in [0.717, 1.165) is 0 Å². The number of carbonyl (C=O) groups is 4. The summed E-state index contributed by atoms with van der Waals surface area (Å²) in [5, 5.41) is 14.4. The number of hydrogen-bond acceptors (Lipinski definition) is 5. The molecule has 0 aromatic rings. The summed E-state index contributed by atoms with van der Waals surface area (Å²) in [6.07, 6.45) is -0.328. The van der Waals surface area contributed by atoms with Gasteiger partial charge in [-0.25, -0.2) is 4.79 Å². The number of aliphatic carboxylic acids is 1. The molecule has 0 bridgehead atoms. The van der Waals surface area contributed by atoms with E-state index in [0.29, 0.717) is 6.42 Å². The molecule has 1 aliphatic rings. The summed E-state index contributed by atoms with van der Waals surface area (Å²) in [5.41, 5.74) is 0. The molecule has 1 aliphatic heterocycles. The van der Waals surface area contributed by atoms with Gasteiger partial charge < -0.3 is 20.5 Å². The molecule has 1 rings (SSSR count). The van der Waals surface area contributed by atoms with Gasteiger partial charge in [0.2, 0.25) is 5.91 Å². The van der Waals surface area contributed by atoms with Crippen LogP contribution in [-0.2, 0) is 23.9 Å². The van der Waals surface area contributed by atoms with E-state index in [2.05, 4.69) is 10.6 Å². The number of esters is 1. The predicted molar refractivity (Wildman–Crippen MR) is 94.0 cm³/mol. The minimum atomic E-state index is -1.12. The third-order valence-corrected chi connectivity index (χ3v) is 4.84. The highest BCUT2D eigenvalue weighted by atomic mass is 16.6. The van der Waals surface area contributed by atoms with Crippen LogP contribution in [0.5, 0.6) is 0 Å². The summed E-state index contributed by atoms with van der Waals surface area (Å²) in [7, 11) is 0. The van der Waals surface area contributed by atoms with Crippen molar-refractivity contribution >= 4 is 23.8 Å². The van der Waals surface area contributed by atoms with Crippen molar-refractivity contribution in [3.63, 3.8) is 0 Å². The number of carbonyl (C=O) groups excluding carboxylic acids is 3. The van der Waals surface area contributed by atoms with Crippen molar-refractivity contribution in [1.29, 1.82) is 0 Å². The molecule has 1 heterocycles. The molecular weight excluding hydrogens is 340 g/mol. The molecule has 1 saturated heterocycles. The lowest BCUT2D eigenvalue weighted by molar-refractivity contribution is -0.193. The molecule has 8 heteroatoms. The fourth-order valence-corrected chi connectivity index (χ4v) is 2.86. The Hall–Kier alpha value is -2.12. The van der Waals surface area contributed by atoms with Gasteiger partial charge in [-0.15, -0.1) is 0 Å². The van der Waals surface area contributed by atoms with Crippen LogP contribution in [0, 0.1) is 23.7 Å². The Morgan fingerprint density at radius 1 is 1.08 bits per heavy atom. The number of carboxylic acids is 1. The Morgan fingerprint density at radius 2 is 1.65 bits per heavy atom. The monoisotopic (exact) mass is 370 g/mol. The smallest absolute Gasteiger partial charge is 0.326 e. The van der Waals surface area contributed by atoms with E-state index >= 15 is 0 Å². The molecular formula is C18H30N2O6. The van der Waals surface area contributed by atoms with Crippen LogP contribution in [0.25, 0.3) is 0 Å². The SMILES string of the molecule is CC[C@H](C)[C@H](NC(=O)C(NC(=O)[C@@H]1OC(=O)[C@H]1C(C)C)C(C)C)C(=O)O. The highest BCUT2D eigenvalue weighted by molar-refractivity contribution is 5.97. The second-order valence-electron chi connectivity index (χ2n) is 7.57. The van der Waals surface area contributed by atoms with Gasteiger partial charge in [0.15, 0.2) is 6.10 Å². The lowest BCUT2D eigenvalue weighted by Gasteiger charge is -2.37. The first kappa shape index (κ1) is 21.9. The van der Waals surface area contributed by atoms with Gasteiger partial charge in [0.05, 0.1) is 0 Å². The molecule has 0 saturated carbocycles. The van der Waals surface area contributed by atoms with Crippen molar-refractivity contribution in [3.05, 3.63) is 0 Å². The molecule has 1 unspecified atom stereocenters. The van der Waals surface area contributed by atoms with Gasteiger partial charge in [0, 0.05) is 0 Å². The lowest BCUT2D eigenvalue weighted by atomic mass is 9.85. The van der Waals surface area contributed by atoms with Crippen LogP contribution in [-0.4, -0.2) is 47.0 Å². The molecule has 0 aromatic heterocycles. The highest BCUT2D eigenvalue weighted by Crippen LogP contribution is 2.29. The first-order valence-electron chi connectivity index (χ1n) is 9.05. The van der Waals surface area contributed by atoms with Gasteiger partial charge in [-0.05, 0) is 17.8 Å².